The molecule has 0 radical (unpaired) electrons. The Labute approximate surface area is 333 Å². The van der Waals surface area contributed by atoms with Crippen molar-refractivity contribution in [3.8, 4) is 0 Å². The molecule has 0 amide bonds. The van der Waals surface area contributed by atoms with Crippen LogP contribution in [0.25, 0.3) is 0 Å². The Hall–Kier alpha value is -4.12. The van der Waals surface area contributed by atoms with E-state index in [1.807, 2.05) is 60.7 Å². The zero-order valence-corrected chi connectivity index (χ0v) is 32.1. The molecule has 0 spiro atoms. The number of hydrogen-bond acceptors (Lipinski definition) is 4. The van der Waals surface area contributed by atoms with Gasteiger partial charge >= 0.3 is 24.7 Å². The van der Waals surface area contributed by atoms with E-state index < -0.39 is 70.1 Å². The first-order valence-corrected chi connectivity index (χ1v) is 18.7. The Morgan fingerprint density at radius 1 is 0.525 bits per heavy atom. The van der Waals surface area contributed by atoms with Crippen LogP contribution in [-0.4, -0.2) is 25.3 Å². The number of benzene rings is 4. The fraction of sp³-hybridized carbons (Fsp3) is 0.442. The molecule has 16 heteroatoms. The average molecular weight is 849 g/mol. The summed E-state index contributed by atoms with van der Waals surface area (Å²) in [6, 6.07) is 22.1. The first-order valence-electron chi connectivity index (χ1n) is 18.7. The van der Waals surface area contributed by atoms with Gasteiger partial charge in [0.05, 0.1) is 47.7 Å². The highest BCUT2D eigenvalue weighted by Gasteiger charge is 2.53. The molecule has 4 aromatic rings. The van der Waals surface area contributed by atoms with Gasteiger partial charge in [-0.15, -0.1) is 0 Å². The lowest BCUT2D eigenvalue weighted by Gasteiger charge is -2.54. The average Bonchev–Trinajstić information content (AvgIpc) is 3.14. The predicted molar refractivity (Wildman–Crippen MR) is 197 cm³/mol. The lowest BCUT2D eigenvalue weighted by molar-refractivity contribution is -0.145. The summed E-state index contributed by atoms with van der Waals surface area (Å²) in [7, 11) is 0. The molecule has 322 valence electrons. The van der Waals surface area contributed by atoms with Crippen molar-refractivity contribution in [2.75, 3.05) is 19.8 Å². The minimum atomic E-state index is -4.91. The Kier molecular flexibility index (Phi) is 13.3. The molecular formula is C43H44F12N2O2. The predicted octanol–water partition coefficient (Wildman–Crippen LogP) is 12.1. The first kappa shape index (κ1) is 46.0. The van der Waals surface area contributed by atoms with E-state index in [9.17, 15) is 52.7 Å². The fourth-order valence-corrected chi connectivity index (χ4v) is 7.72. The second-order valence-electron chi connectivity index (χ2n) is 15.7. The highest BCUT2D eigenvalue weighted by atomic mass is 19.4. The maximum atomic E-state index is 13.2. The lowest BCUT2D eigenvalue weighted by atomic mass is 9.55. The molecule has 4 N–H and O–H groups in total. The largest absolute Gasteiger partial charge is 0.416 e. The van der Waals surface area contributed by atoms with E-state index in [0.29, 0.717) is 25.0 Å². The van der Waals surface area contributed by atoms with Gasteiger partial charge in [0, 0.05) is 22.9 Å². The van der Waals surface area contributed by atoms with E-state index >= 15 is 0 Å². The van der Waals surface area contributed by atoms with Crippen molar-refractivity contribution in [3.05, 3.63) is 142 Å². The number of hydrogen-bond donors (Lipinski definition) is 2. The van der Waals surface area contributed by atoms with Crippen LogP contribution in [0.15, 0.2) is 97.1 Å². The topological polar surface area (TPSA) is 70.5 Å². The van der Waals surface area contributed by atoms with Crippen molar-refractivity contribution in [2.45, 2.75) is 99.2 Å². The summed E-state index contributed by atoms with van der Waals surface area (Å²) in [5.41, 5.74) is 6.99. The standard InChI is InChI=1S/C22H24F6N2O.C21H20F6O/c1-14(15-7-17(21(23,24)25)9-18(8-15)22(26,27)28)31-13-19(10-20(30,11-19)12-29)16-5-3-2-4-6-16;1-14(28-13-19(8-5-9-19)16-6-3-2-4-7-16)15-10-17(20(22,23)24)12-18(11-15)21(25,26)27/h2-9,14H,10-13,29-30H2,1H3;2-4,6-7,10-12,14H,5,8-9,13H2,1H3/t14-,19?,20?;14-/m11/s1. The van der Waals surface area contributed by atoms with Crippen LogP contribution in [0, 0.1) is 0 Å². The van der Waals surface area contributed by atoms with Crippen LogP contribution in [0.4, 0.5) is 52.7 Å². The first-order chi connectivity index (χ1) is 27.3. The van der Waals surface area contributed by atoms with E-state index in [-0.39, 0.29) is 48.4 Å². The zero-order chi connectivity index (χ0) is 43.7. The molecule has 0 saturated heterocycles. The molecule has 2 aliphatic carbocycles. The molecule has 4 aromatic carbocycles. The van der Waals surface area contributed by atoms with Crippen molar-refractivity contribution in [2.24, 2.45) is 11.5 Å². The van der Waals surface area contributed by atoms with Gasteiger partial charge in [0.25, 0.3) is 0 Å². The summed E-state index contributed by atoms with van der Waals surface area (Å²) < 4.78 is 169. The zero-order valence-electron chi connectivity index (χ0n) is 32.1. The van der Waals surface area contributed by atoms with E-state index in [0.717, 1.165) is 42.5 Å². The van der Waals surface area contributed by atoms with Gasteiger partial charge in [-0.25, -0.2) is 0 Å². The third-order valence-electron chi connectivity index (χ3n) is 11.2. The Bertz CT molecular complexity index is 1940. The molecule has 0 unspecified atom stereocenters. The van der Waals surface area contributed by atoms with Gasteiger partial charge in [-0.3, -0.25) is 0 Å². The lowest BCUT2D eigenvalue weighted by Crippen LogP contribution is -2.65. The molecular weight excluding hydrogens is 804 g/mol. The Morgan fingerprint density at radius 2 is 0.847 bits per heavy atom. The molecule has 4 nitrogen and oxygen atoms in total. The van der Waals surface area contributed by atoms with Crippen LogP contribution in [0.5, 0.6) is 0 Å². The number of rotatable bonds is 11. The van der Waals surface area contributed by atoms with E-state index in [4.69, 9.17) is 20.9 Å². The Morgan fingerprint density at radius 3 is 1.14 bits per heavy atom. The number of alkyl halides is 12. The Balaban J connectivity index is 0.000000225. The van der Waals surface area contributed by atoms with Gasteiger partial charge in [0.2, 0.25) is 0 Å². The van der Waals surface area contributed by atoms with Gasteiger partial charge in [-0.05, 0) is 98.2 Å². The SMILES string of the molecule is C[C@@H](OCC1(c2ccccc2)CC(N)(CN)C1)c1cc(C(F)(F)F)cc(C(F)(F)F)c1.C[C@@H](OCC1(c2ccccc2)CCC1)c1cc(C(F)(F)F)cc(C(F)(F)F)c1. The molecule has 2 aliphatic rings. The minimum absolute atomic E-state index is 0.0920. The fourth-order valence-electron chi connectivity index (χ4n) is 7.72. The summed E-state index contributed by atoms with van der Waals surface area (Å²) in [6.45, 7) is 3.52. The van der Waals surface area contributed by atoms with Gasteiger partial charge in [-0.2, -0.15) is 52.7 Å². The van der Waals surface area contributed by atoms with E-state index in [1.165, 1.54) is 13.8 Å². The molecule has 0 aliphatic heterocycles. The molecule has 59 heavy (non-hydrogen) atoms. The maximum absolute atomic E-state index is 13.2. The second kappa shape index (κ2) is 17.1. The van der Waals surface area contributed by atoms with Crippen molar-refractivity contribution in [1.82, 2.24) is 0 Å². The summed E-state index contributed by atoms with van der Waals surface area (Å²) >= 11 is 0. The van der Waals surface area contributed by atoms with Crippen LogP contribution in [0.1, 0.15) is 103 Å². The van der Waals surface area contributed by atoms with Crippen molar-refractivity contribution >= 4 is 0 Å². The summed E-state index contributed by atoms with van der Waals surface area (Å²) in [5.74, 6) is 0. The minimum Gasteiger partial charge on any atom is -0.373 e. The van der Waals surface area contributed by atoms with Crippen LogP contribution in [-0.2, 0) is 45.0 Å². The summed E-state index contributed by atoms with van der Waals surface area (Å²) in [5, 5.41) is 0. The molecule has 0 aromatic heterocycles. The molecule has 2 saturated carbocycles. The highest BCUT2D eigenvalue weighted by molar-refractivity contribution is 5.37. The second-order valence-corrected chi connectivity index (χ2v) is 15.7. The summed E-state index contributed by atoms with van der Waals surface area (Å²) in [4.78, 5) is 0. The van der Waals surface area contributed by atoms with Gasteiger partial charge in [0.15, 0.2) is 0 Å². The summed E-state index contributed by atoms with van der Waals surface area (Å²) in [6.07, 6.45) is -17.7. The molecule has 2 atom stereocenters. The third kappa shape index (κ3) is 11.0. The van der Waals surface area contributed by atoms with Crippen LogP contribution < -0.4 is 11.5 Å². The van der Waals surface area contributed by atoms with Crippen LogP contribution in [0.2, 0.25) is 0 Å². The van der Waals surface area contributed by atoms with E-state index in [2.05, 4.69) is 0 Å². The number of halogens is 12. The number of nitrogens with two attached hydrogens (primary N) is 2. The molecule has 2 fully saturated rings. The van der Waals surface area contributed by atoms with E-state index in [1.54, 1.807) is 0 Å². The van der Waals surface area contributed by atoms with Gasteiger partial charge in [0.1, 0.15) is 0 Å². The van der Waals surface area contributed by atoms with Gasteiger partial charge in [-0.1, -0.05) is 67.1 Å². The monoisotopic (exact) mass is 848 g/mol. The smallest absolute Gasteiger partial charge is 0.373 e. The number of ether oxygens (including phenoxy) is 2. The van der Waals surface area contributed by atoms with Crippen molar-refractivity contribution < 1.29 is 62.2 Å². The van der Waals surface area contributed by atoms with Crippen LogP contribution in [0.3, 0.4) is 0 Å². The maximum Gasteiger partial charge on any atom is 0.416 e. The molecule has 0 heterocycles. The quantitative estimate of drug-likeness (QED) is 0.148. The van der Waals surface area contributed by atoms with Crippen LogP contribution >= 0.6 is 0 Å². The van der Waals surface area contributed by atoms with Gasteiger partial charge < -0.3 is 20.9 Å². The molecule has 0 bridgehead atoms. The normalized spacial score (nSPS) is 21.7. The third-order valence-corrected chi connectivity index (χ3v) is 11.2. The van der Waals surface area contributed by atoms with Crippen molar-refractivity contribution in [3.63, 3.8) is 0 Å². The molecule has 6 rings (SSSR count). The highest BCUT2D eigenvalue weighted by Crippen LogP contribution is 2.50. The van der Waals surface area contributed by atoms with Crippen molar-refractivity contribution in [1.29, 1.82) is 0 Å².